The van der Waals surface area contributed by atoms with Crippen LogP contribution in [0.3, 0.4) is 0 Å². The summed E-state index contributed by atoms with van der Waals surface area (Å²) in [5, 5.41) is 6.43. The molecule has 0 saturated carbocycles. The van der Waals surface area contributed by atoms with Crippen LogP contribution in [0.4, 0.5) is 4.39 Å². The summed E-state index contributed by atoms with van der Waals surface area (Å²) >= 11 is 0. The van der Waals surface area contributed by atoms with Crippen LogP contribution in [0.15, 0.2) is 28.8 Å². The van der Waals surface area contributed by atoms with Gasteiger partial charge in [-0.2, -0.15) is 4.98 Å². The molecule has 26 heavy (non-hydrogen) atoms. The maximum Gasteiger partial charge on any atom is 0.246 e. The fraction of sp³-hybridized carbons (Fsp3) is 0.438. The summed E-state index contributed by atoms with van der Waals surface area (Å²) in [5.74, 6) is -0.619. The van der Waals surface area contributed by atoms with E-state index in [0.717, 1.165) is 6.26 Å². The predicted molar refractivity (Wildman–Crippen MR) is 90.7 cm³/mol. The first-order chi connectivity index (χ1) is 12.3. The van der Waals surface area contributed by atoms with Crippen molar-refractivity contribution < 1.29 is 22.1 Å². The van der Waals surface area contributed by atoms with E-state index in [4.69, 9.17) is 4.52 Å². The molecule has 8 nitrogen and oxygen atoms in total. The monoisotopic (exact) mass is 382 g/mol. The van der Waals surface area contributed by atoms with Gasteiger partial charge in [0.05, 0.1) is 18.4 Å². The summed E-state index contributed by atoms with van der Waals surface area (Å²) in [6.45, 7) is 0.691. The van der Waals surface area contributed by atoms with Crippen molar-refractivity contribution in [3.05, 3.63) is 36.0 Å². The molecule has 2 aromatic rings. The van der Waals surface area contributed by atoms with Crippen molar-refractivity contribution in [3.63, 3.8) is 0 Å². The minimum Gasteiger partial charge on any atom is -0.347 e. The lowest BCUT2D eigenvalue weighted by atomic mass is 9.97. The van der Waals surface area contributed by atoms with E-state index in [1.165, 1.54) is 16.4 Å². The molecule has 1 N–H and O–H groups in total. The summed E-state index contributed by atoms with van der Waals surface area (Å²) in [5.41, 5.74) is 0.224. The molecule has 1 amide bonds. The van der Waals surface area contributed by atoms with E-state index in [-0.39, 0.29) is 35.6 Å². The van der Waals surface area contributed by atoms with Gasteiger partial charge in [-0.25, -0.2) is 17.1 Å². The van der Waals surface area contributed by atoms with E-state index in [2.05, 4.69) is 15.5 Å². The van der Waals surface area contributed by atoms with Crippen LogP contribution in [0.5, 0.6) is 0 Å². The number of rotatable bonds is 5. The number of nitrogens with zero attached hydrogens (tertiary/aromatic N) is 3. The lowest BCUT2D eigenvalue weighted by Gasteiger charge is -2.29. The van der Waals surface area contributed by atoms with Gasteiger partial charge in [0.15, 0.2) is 0 Å². The number of sulfonamides is 1. The normalized spacial score (nSPS) is 16.5. The van der Waals surface area contributed by atoms with Crippen LogP contribution >= 0.6 is 0 Å². The molecule has 0 aliphatic carbocycles. The van der Waals surface area contributed by atoms with Gasteiger partial charge in [-0.05, 0) is 25.0 Å². The molecular weight excluding hydrogens is 363 g/mol. The summed E-state index contributed by atoms with van der Waals surface area (Å²) < 4.78 is 43.1. The topological polar surface area (TPSA) is 105 Å². The number of carbonyl (C=O) groups excluding carboxylic acids is 1. The van der Waals surface area contributed by atoms with Gasteiger partial charge in [-0.1, -0.05) is 17.3 Å². The standard InChI is InChI=1S/C16H19FN4O4S/c1-26(23,24)21-8-6-11(7-9-21)16(22)18-10-14-19-15(20-25-14)12-4-2-3-5-13(12)17/h2-5,11H,6-10H2,1H3,(H,18,22). The Morgan fingerprint density at radius 3 is 2.69 bits per heavy atom. The number of hydrogen-bond donors (Lipinski definition) is 1. The lowest BCUT2D eigenvalue weighted by molar-refractivity contribution is -0.126. The Morgan fingerprint density at radius 1 is 1.35 bits per heavy atom. The van der Waals surface area contributed by atoms with Crippen LogP contribution in [0.25, 0.3) is 11.4 Å². The van der Waals surface area contributed by atoms with Gasteiger partial charge >= 0.3 is 0 Å². The summed E-state index contributed by atoms with van der Waals surface area (Å²) in [4.78, 5) is 16.3. The van der Waals surface area contributed by atoms with E-state index >= 15 is 0 Å². The molecule has 1 saturated heterocycles. The third-order valence-electron chi connectivity index (χ3n) is 4.29. The molecule has 0 bridgehead atoms. The van der Waals surface area contributed by atoms with Crippen molar-refractivity contribution in [2.75, 3.05) is 19.3 Å². The van der Waals surface area contributed by atoms with Crippen LogP contribution in [0.1, 0.15) is 18.7 Å². The van der Waals surface area contributed by atoms with E-state index in [0.29, 0.717) is 25.9 Å². The van der Waals surface area contributed by atoms with Crippen molar-refractivity contribution in [1.82, 2.24) is 19.8 Å². The number of aromatic nitrogens is 2. The highest BCUT2D eigenvalue weighted by atomic mass is 32.2. The lowest BCUT2D eigenvalue weighted by Crippen LogP contribution is -2.42. The second kappa shape index (κ2) is 7.50. The highest BCUT2D eigenvalue weighted by molar-refractivity contribution is 7.88. The second-order valence-electron chi connectivity index (χ2n) is 6.15. The van der Waals surface area contributed by atoms with Gasteiger partial charge in [0, 0.05) is 19.0 Å². The fourth-order valence-electron chi connectivity index (χ4n) is 2.84. The van der Waals surface area contributed by atoms with Crippen molar-refractivity contribution >= 4 is 15.9 Å². The SMILES string of the molecule is CS(=O)(=O)N1CCC(C(=O)NCc2nc(-c3ccccc3F)no2)CC1. The van der Waals surface area contributed by atoms with Crippen LogP contribution < -0.4 is 5.32 Å². The minimum atomic E-state index is -3.22. The molecule has 0 radical (unpaired) electrons. The molecular formula is C16H19FN4O4S. The highest BCUT2D eigenvalue weighted by Crippen LogP contribution is 2.20. The van der Waals surface area contributed by atoms with Gasteiger partial charge in [0.25, 0.3) is 0 Å². The van der Waals surface area contributed by atoms with E-state index in [1.807, 2.05) is 0 Å². The van der Waals surface area contributed by atoms with Crippen molar-refractivity contribution in [3.8, 4) is 11.4 Å². The Morgan fingerprint density at radius 2 is 2.04 bits per heavy atom. The number of hydrogen-bond acceptors (Lipinski definition) is 6. The zero-order valence-corrected chi connectivity index (χ0v) is 15.0. The van der Waals surface area contributed by atoms with Crippen molar-refractivity contribution in [2.24, 2.45) is 5.92 Å². The molecule has 10 heteroatoms. The minimum absolute atomic E-state index is 0.0343. The van der Waals surface area contributed by atoms with Crippen LogP contribution in [-0.2, 0) is 21.4 Å². The summed E-state index contributed by atoms with van der Waals surface area (Å²) in [6.07, 6.45) is 2.09. The summed E-state index contributed by atoms with van der Waals surface area (Å²) in [7, 11) is -3.22. The van der Waals surface area contributed by atoms with Gasteiger partial charge < -0.3 is 9.84 Å². The number of amides is 1. The zero-order chi connectivity index (χ0) is 18.7. The summed E-state index contributed by atoms with van der Waals surface area (Å²) in [6, 6.07) is 6.07. The molecule has 1 aliphatic heterocycles. The molecule has 2 heterocycles. The van der Waals surface area contributed by atoms with Gasteiger partial charge in [-0.15, -0.1) is 0 Å². The third kappa shape index (κ3) is 4.25. The largest absolute Gasteiger partial charge is 0.347 e. The predicted octanol–water partition coefficient (Wildman–Crippen LogP) is 1.16. The maximum absolute atomic E-state index is 13.7. The van der Waals surface area contributed by atoms with Crippen molar-refractivity contribution in [1.29, 1.82) is 0 Å². The van der Waals surface area contributed by atoms with Gasteiger partial charge in [0.1, 0.15) is 5.82 Å². The molecule has 1 aliphatic rings. The Bertz CT molecular complexity index is 891. The molecule has 0 unspecified atom stereocenters. The first-order valence-corrected chi connectivity index (χ1v) is 10.00. The Kier molecular flexibility index (Phi) is 5.33. The maximum atomic E-state index is 13.7. The Balaban J connectivity index is 1.54. The molecule has 1 aromatic carbocycles. The van der Waals surface area contributed by atoms with Gasteiger partial charge in [0.2, 0.25) is 27.6 Å². The fourth-order valence-corrected chi connectivity index (χ4v) is 3.71. The van der Waals surface area contributed by atoms with E-state index < -0.39 is 15.8 Å². The Labute approximate surface area is 150 Å². The highest BCUT2D eigenvalue weighted by Gasteiger charge is 2.29. The number of piperidine rings is 1. The number of nitrogens with one attached hydrogen (secondary N) is 1. The second-order valence-corrected chi connectivity index (χ2v) is 8.13. The van der Waals surface area contributed by atoms with E-state index in [1.54, 1.807) is 12.1 Å². The van der Waals surface area contributed by atoms with Crippen LogP contribution in [0, 0.1) is 11.7 Å². The first kappa shape index (κ1) is 18.5. The molecule has 0 atom stereocenters. The molecule has 3 rings (SSSR count). The average Bonchev–Trinajstić information content (AvgIpc) is 3.08. The van der Waals surface area contributed by atoms with Crippen LogP contribution in [0.2, 0.25) is 0 Å². The molecule has 1 fully saturated rings. The van der Waals surface area contributed by atoms with Gasteiger partial charge in [-0.3, -0.25) is 4.79 Å². The number of carbonyl (C=O) groups is 1. The smallest absolute Gasteiger partial charge is 0.246 e. The Hall–Kier alpha value is -2.33. The van der Waals surface area contributed by atoms with E-state index in [9.17, 15) is 17.6 Å². The number of halogens is 1. The number of benzene rings is 1. The van der Waals surface area contributed by atoms with Crippen LogP contribution in [-0.4, -0.2) is 48.1 Å². The third-order valence-corrected chi connectivity index (χ3v) is 5.59. The average molecular weight is 382 g/mol. The first-order valence-electron chi connectivity index (χ1n) is 8.15. The quantitative estimate of drug-likeness (QED) is 0.832. The molecule has 1 aromatic heterocycles. The molecule has 0 spiro atoms. The zero-order valence-electron chi connectivity index (χ0n) is 14.2. The molecule has 140 valence electrons. The van der Waals surface area contributed by atoms with Crippen molar-refractivity contribution in [2.45, 2.75) is 19.4 Å².